The van der Waals surface area contributed by atoms with Gasteiger partial charge in [-0.15, -0.1) is 0 Å². The Morgan fingerprint density at radius 2 is 0.827 bits per heavy atom. The summed E-state index contributed by atoms with van der Waals surface area (Å²) in [6.45, 7) is 0. The molecule has 0 spiro atoms. The van der Waals surface area contributed by atoms with Crippen LogP contribution in [-0.4, -0.2) is 14.1 Å². The Labute approximate surface area is 302 Å². The molecule has 10 rings (SSSR count). The minimum atomic E-state index is 0.947. The summed E-state index contributed by atoms with van der Waals surface area (Å²) in [6.07, 6.45) is 0. The number of rotatable bonds is 6. The van der Waals surface area contributed by atoms with E-state index in [1.54, 1.807) is 0 Å². The van der Waals surface area contributed by atoms with Gasteiger partial charge >= 0.3 is 0 Å². The second-order valence-electron chi connectivity index (χ2n) is 13.3. The molecule has 0 aliphatic carbocycles. The van der Waals surface area contributed by atoms with Gasteiger partial charge in [-0.1, -0.05) is 146 Å². The molecule has 0 bridgehead atoms. The summed E-state index contributed by atoms with van der Waals surface area (Å²) in [5.74, 6) is 1.11. The number of benzene rings is 7. The largest absolute Gasteiger partial charge is 0.295 e. The van der Waals surface area contributed by atoms with Gasteiger partial charge in [-0.2, -0.15) is 0 Å². The van der Waals surface area contributed by atoms with Gasteiger partial charge < -0.3 is 0 Å². The second-order valence-corrected chi connectivity index (χ2v) is 13.3. The van der Waals surface area contributed by atoms with Crippen molar-refractivity contribution in [3.8, 4) is 56.3 Å². The van der Waals surface area contributed by atoms with Crippen LogP contribution in [-0.2, 0) is 0 Å². The molecule has 3 heterocycles. The van der Waals surface area contributed by atoms with Crippen LogP contribution in [0.25, 0.3) is 89.0 Å². The predicted octanol–water partition coefficient (Wildman–Crippen LogP) is 12.8. The second kappa shape index (κ2) is 12.4. The Morgan fingerprint density at radius 3 is 1.54 bits per heavy atom. The van der Waals surface area contributed by atoms with Gasteiger partial charge in [0.25, 0.3) is 0 Å². The Kier molecular flexibility index (Phi) is 7.14. The summed E-state index contributed by atoms with van der Waals surface area (Å²) >= 11 is 0. The minimum Gasteiger partial charge on any atom is -0.295 e. The number of pyridine rings is 1. The molecule has 0 saturated heterocycles. The zero-order valence-electron chi connectivity index (χ0n) is 28.4. The lowest BCUT2D eigenvalue weighted by Gasteiger charge is -2.15. The van der Waals surface area contributed by atoms with Crippen LogP contribution in [0.2, 0.25) is 0 Å². The molecule has 52 heavy (non-hydrogen) atoms. The van der Waals surface area contributed by atoms with Crippen molar-refractivity contribution >= 4 is 32.7 Å². The molecule has 0 saturated carbocycles. The van der Waals surface area contributed by atoms with E-state index in [1.807, 2.05) is 6.07 Å². The normalized spacial score (nSPS) is 11.5. The molecule has 7 aromatic carbocycles. The number of fused-ring (bicyclic) bond motifs is 4. The Morgan fingerprint density at radius 1 is 0.308 bits per heavy atom. The third-order valence-corrected chi connectivity index (χ3v) is 10.1. The Balaban J connectivity index is 1.12. The molecule has 0 unspecified atom stereocenters. The maximum Gasteiger partial charge on any atom is 0.123 e. The van der Waals surface area contributed by atoms with Crippen molar-refractivity contribution in [3.05, 3.63) is 200 Å². The molecule has 3 heteroatoms. The van der Waals surface area contributed by atoms with Crippen LogP contribution >= 0.6 is 0 Å². The van der Waals surface area contributed by atoms with Gasteiger partial charge in [0.15, 0.2) is 0 Å². The standard InChI is InChI=1S/C49H33N3/c1-3-15-34(16-4-1)40-31-44(35-17-5-2-6-18-35)50-45(32-40)38-22-13-20-36(29-38)37-21-14-23-41(30-37)51-46-26-10-7-19-39(46)33-49(51)52-47-27-11-8-24-42(47)43-25-9-12-28-48(43)52/h1-33H. The fraction of sp³-hybridized carbons (Fsp3) is 0. The minimum absolute atomic E-state index is 0.947. The highest BCUT2D eigenvalue weighted by atomic mass is 15.2. The van der Waals surface area contributed by atoms with Gasteiger partial charge in [-0.25, -0.2) is 4.98 Å². The van der Waals surface area contributed by atoms with Crippen LogP contribution in [0.3, 0.4) is 0 Å². The molecule has 3 nitrogen and oxygen atoms in total. The molecule has 3 aromatic heterocycles. The molecule has 0 N–H and O–H groups in total. The molecule has 244 valence electrons. The third-order valence-electron chi connectivity index (χ3n) is 10.1. The van der Waals surface area contributed by atoms with Crippen molar-refractivity contribution in [3.63, 3.8) is 0 Å². The first-order valence-corrected chi connectivity index (χ1v) is 17.7. The average Bonchev–Trinajstić information content (AvgIpc) is 3.77. The van der Waals surface area contributed by atoms with Gasteiger partial charge in [0.05, 0.1) is 27.9 Å². The SMILES string of the molecule is c1ccc(-c2cc(-c3ccccc3)nc(-c3cccc(-c4cccc(-n5c(-n6c7ccccc7c7ccccc76)cc6ccccc65)c4)c3)c2)cc1. The summed E-state index contributed by atoms with van der Waals surface area (Å²) < 4.78 is 4.81. The maximum atomic E-state index is 5.21. The molecule has 0 atom stereocenters. The smallest absolute Gasteiger partial charge is 0.123 e. The molecule has 0 aliphatic heterocycles. The van der Waals surface area contributed by atoms with E-state index in [9.17, 15) is 0 Å². The van der Waals surface area contributed by atoms with E-state index in [0.717, 1.165) is 50.7 Å². The quantitative estimate of drug-likeness (QED) is 0.174. The number of aromatic nitrogens is 3. The van der Waals surface area contributed by atoms with E-state index in [0.29, 0.717) is 0 Å². The number of nitrogens with zero attached hydrogens (tertiary/aromatic N) is 3. The van der Waals surface area contributed by atoms with Crippen molar-refractivity contribution in [2.45, 2.75) is 0 Å². The van der Waals surface area contributed by atoms with Crippen LogP contribution in [0.1, 0.15) is 0 Å². The van der Waals surface area contributed by atoms with Crippen LogP contribution in [0.4, 0.5) is 0 Å². The lowest BCUT2D eigenvalue weighted by Crippen LogP contribution is -2.04. The highest BCUT2D eigenvalue weighted by Gasteiger charge is 2.18. The molecule has 0 amide bonds. The van der Waals surface area contributed by atoms with Gasteiger partial charge in [-0.05, 0) is 76.9 Å². The summed E-state index contributed by atoms with van der Waals surface area (Å²) in [4.78, 5) is 5.21. The Hall–Kier alpha value is -6.97. The van der Waals surface area contributed by atoms with E-state index < -0.39 is 0 Å². The van der Waals surface area contributed by atoms with Crippen molar-refractivity contribution < 1.29 is 0 Å². The van der Waals surface area contributed by atoms with E-state index in [-0.39, 0.29) is 0 Å². The maximum absolute atomic E-state index is 5.21. The van der Waals surface area contributed by atoms with Gasteiger partial charge in [0.1, 0.15) is 5.82 Å². The van der Waals surface area contributed by atoms with Crippen LogP contribution < -0.4 is 0 Å². The third kappa shape index (κ3) is 5.10. The van der Waals surface area contributed by atoms with Gasteiger partial charge in [-0.3, -0.25) is 9.13 Å². The first-order valence-electron chi connectivity index (χ1n) is 17.7. The van der Waals surface area contributed by atoms with Crippen LogP contribution in [0.15, 0.2) is 200 Å². The van der Waals surface area contributed by atoms with Crippen LogP contribution in [0.5, 0.6) is 0 Å². The van der Waals surface area contributed by atoms with E-state index >= 15 is 0 Å². The van der Waals surface area contributed by atoms with Crippen molar-refractivity contribution in [2.24, 2.45) is 0 Å². The fourth-order valence-electron chi connectivity index (χ4n) is 7.66. The predicted molar refractivity (Wildman–Crippen MR) is 217 cm³/mol. The summed E-state index contributed by atoms with van der Waals surface area (Å²) in [6, 6.07) is 71.5. The first-order chi connectivity index (χ1) is 25.8. The lowest BCUT2D eigenvalue weighted by molar-refractivity contribution is 1.00. The zero-order valence-corrected chi connectivity index (χ0v) is 28.4. The number of hydrogen-bond donors (Lipinski definition) is 0. The average molecular weight is 664 g/mol. The zero-order chi connectivity index (χ0) is 34.4. The first kappa shape index (κ1) is 29.9. The van der Waals surface area contributed by atoms with Crippen molar-refractivity contribution in [2.75, 3.05) is 0 Å². The molecular formula is C49H33N3. The fourth-order valence-corrected chi connectivity index (χ4v) is 7.66. The highest BCUT2D eigenvalue weighted by Crippen LogP contribution is 2.37. The summed E-state index contributed by atoms with van der Waals surface area (Å²) in [5.41, 5.74) is 13.4. The molecule has 0 fully saturated rings. The molecule has 10 aromatic rings. The summed E-state index contributed by atoms with van der Waals surface area (Å²) in [5, 5.41) is 3.70. The molecule has 0 radical (unpaired) electrons. The van der Waals surface area contributed by atoms with Gasteiger partial charge in [0, 0.05) is 33.0 Å². The number of hydrogen-bond acceptors (Lipinski definition) is 1. The van der Waals surface area contributed by atoms with E-state index in [2.05, 4.69) is 203 Å². The number of para-hydroxylation sites is 3. The van der Waals surface area contributed by atoms with Crippen molar-refractivity contribution in [1.82, 2.24) is 14.1 Å². The van der Waals surface area contributed by atoms with Gasteiger partial charge in [0.2, 0.25) is 0 Å². The van der Waals surface area contributed by atoms with E-state index in [4.69, 9.17) is 4.98 Å². The molecule has 0 aliphatic rings. The highest BCUT2D eigenvalue weighted by molar-refractivity contribution is 6.09. The monoisotopic (exact) mass is 663 g/mol. The van der Waals surface area contributed by atoms with E-state index in [1.165, 1.54) is 38.3 Å². The van der Waals surface area contributed by atoms with Crippen LogP contribution in [0, 0.1) is 0 Å². The summed E-state index contributed by atoms with van der Waals surface area (Å²) in [7, 11) is 0. The lowest BCUT2D eigenvalue weighted by atomic mass is 9.97. The molecular weight excluding hydrogens is 631 g/mol. The Bertz CT molecular complexity index is 2790. The van der Waals surface area contributed by atoms with Crippen molar-refractivity contribution in [1.29, 1.82) is 0 Å². The topological polar surface area (TPSA) is 22.8 Å².